The van der Waals surface area contributed by atoms with Gasteiger partial charge in [0.05, 0.1) is 79.8 Å². The summed E-state index contributed by atoms with van der Waals surface area (Å²) < 4.78 is 154. The van der Waals surface area contributed by atoms with Crippen LogP contribution in [-0.4, -0.2) is 137 Å². The largest absolute Gasteiger partial charge is 0.505 e. The maximum atomic E-state index is 14.1. The van der Waals surface area contributed by atoms with E-state index in [2.05, 4.69) is 25.6 Å². The standard InChI is InChI=1S/C33H31FN4O6S.C28H26FN3O5S.C25H23FN4O5S/c1-20-13-25(36-44-20)17-38-18-28-29(33(38)39)32(43-19-22-7-11-26(42-3)12-8-22)30-27(31(28)37(2)45(4,40)41)15-23(16-35-30)14-21-5-9-24(34)10-6-21;1-32(38(3,34)35)26-22-13-19(12-17-4-8-20(29)9-5-17)14-30-25(22)27(24-23(26)15-31-28(24)33)37-16-18-6-10-21(36-2)11-7-18;1-14-8-18(28-35-14)12-30-13-20-21(25(30)32)24(31)22-19(23(20)29(2)36(3,33)34)10-16(11-27-22)9-15-4-6-17(26)7-5-15/h5-13,15-16H,14,17-19H2,1-4H3;4-11,13-14H,12,15-16H2,1-3H3,(H,31,33);4-8,10-11,31H,9,12-13H2,1-3H3. The minimum absolute atomic E-state index is 0.0204. The van der Waals surface area contributed by atoms with E-state index in [1.54, 1.807) is 106 Å². The summed E-state index contributed by atoms with van der Waals surface area (Å²) in [6.07, 6.45) is 9.48. The molecule has 27 nitrogen and oxygen atoms in total. The minimum Gasteiger partial charge on any atom is -0.505 e. The number of pyridine rings is 3. The highest BCUT2D eigenvalue weighted by Gasteiger charge is 2.41. The summed E-state index contributed by atoms with van der Waals surface area (Å²) in [4.78, 5) is 57.2. The lowest BCUT2D eigenvalue weighted by atomic mass is 9.98. The second kappa shape index (κ2) is 33.5. The molecule has 8 aromatic carbocycles. The van der Waals surface area contributed by atoms with Crippen LogP contribution in [0.4, 0.5) is 30.2 Å². The number of ether oxygens (including phenoxy) is 4. The van der Waals surface area contributed by atoms with E-state index in [4.69, 9.17) is 33.0 Å². The van der Waals surface area contributed by atoms with E-state index < -0.39 is 36.0 Å². The molecule has 3 amide bonds. The zero-order valence-corrected chi connectivity index (χ0v) is 68.6. The lowest BCUT2D eigenvalue weighted by Gasteiger charge is -2.24. The summed E-state index contributed by atoms with van der Waals surface area (Å²) >= 11 is 0. The van der Waals surface area contributed by atoms with Crippen molar-refractivity contribution >= 4 is 97.6 Å². The van der Waals surface area contributed by atoms with Crippen LogP contribution in [0.25, 0.3) is 32.7 Å². The molecular formula is C86H80F3N11O16S3. The SMILES string of the molecule is COc1ccc(COc2c3c(c(N(C)S(C)(=O)=O)c4cc(Cc5ccc(F)cc5)cnc24)CN(Cc2cc(C)on2)C3=O)cc1.COc1ccc(COc2c3c(c(N(C)S(C)(=O)=O)c4cc(Cc5ccc(F)cc5)cnc24)CNC3=O)cc1.Cc1cc(CN2Cc3c(c(O)c4ncc(Cc5ccc(F)cc5)cc4c3N(C)S(C)(=O)=O)C2=O)no1. The number of benzene rings is 8. The molecule has 119 heavy (non-hydrogen) atoms. The number of aromatic nitrogens is 5. The van der Waals surface area contributed by atoms with E-state index in [9.17, 15) is 57.9 Å². The van der Waals surface area contributed by atoms with Crippen molar-refractivity contribution in [3.05, 3.63) is 288 Å². The molecule has 3 aliphatic heterocycles. The van der Waals surface area contributed by atoms with E-state index in [1.165, 1.54) is 71.1 Å². The fraction of sp³-hybridized carbons (Fsp3) is 0.233. The van der Waals surface area contributed by atoms with Gasteiger partial charge in [-0.05, 0) is 156 Å². The lowest BCUT2D eigenvalue weighted by Crippen LogP contribution is -2.27. The quantitative estimate of drug-likeness (QED) is 0.0567. The van der Waals surface area contributed by atoms with Gasteiger partial charge in [0, 0.05) is 104 Å². The third-order valence-electron chi connectivity index (χ3n) is 20.6. The number of aryl methyl sites for hydroxylation is 2. The molecule has 3 aliphatic rings. The second-order valence-corrected chi connectivity index (χ2v) is 35.1. The van der Waals surface area contributed by atoms with Crippen LogP contribution < -0.4 is 37.2 Å². The lowest BCUT2D eigenvalue weighted by molar-refractivity contribution is 0.0753. The molecule has 2 N–H and O–H groups in total. The van der Waals surface area contributed by atoms with E-state index in [-0.39, 0.29) is 115 Å². The van der Waals surface area contributed by atoms with Crippen LogP contribution in [0.1, 0.15) is 115 Å². The number of phenols is 1. The van der Waals surface area contributed by atoms with Gasteiger partial charge in [-0.1, -0.05) is 71.0 Å². The summed E-state index contributed by atoms with van der Waals surface area (Å²) in [5.41, 5.74) is 11.5. The van der Waals surface area contributed by atoms with E-state index >= 15 is 0 Å². The molecule has 8 heterocycles. The van der Waals surface area contributed by atoms with Crippen molar-refractivity contribution in [3.63, 3.8) is 0 Å². The number of rotatable bonds is 24. The second-order valence-electron chi connectivity index (χ2n) is 29.1. The topological polar surface area (TPSA) is 330 Å². The number of nitrogens with zero attached hydrogens (tertiary/aromatic N) is 10. The molecule has 0 atom stereocenters. The molecular weight excluding hydrogens is 1600 g/mol. The number of halogens is 3. The van der Waals surface area contributed by atoms with Gasteiger partial charge in [-0.15, -0.1) is 0 Å². The van der Waals surface area contributed by atoms with Crippen LogP contribution in [0.5, 0.6) is 28.7 Å². The number of hydrogen-bond donors (Lipinski definition) is 2. The molecule has 0 bridgehead atoms. The number of sulfonamides is 3. The van der Waals surface area contributed by atoms with Gasteiger partial charge in [0.1, 0.15) is 81.6 Å². The summed E-state index contributed by atoms with van der Waals surface area (Å²) in [5.74, 6) is 0.715. The van der Waals surface area contributed by atoms with Crippen molar-refractivity contribution in [1.82, 2.24) is 40.4 Å². The van der Waals surface area contributed by atoms with Gasteiger partial charge >= 0.3 is 0 Å². The van der Waals surface area contributed by atoms with Crippen molar-refractivity contribution in [2.75, 3.05) is 67.0 Å². The van der Waals surface area contributed by atoms with Crippen molar-refractivity contribution in [2.45, 2.75) is 79.0 Å². The third-order valence-corrected chi connectivity index (χ3v) is 24.1. The average molecular weight is 1680 g/mol. The fourth-order valence-electron chi connectivity index (χ4n) is 14.6. The zero-order chi connectivity index (χ0) is 84.7. The zero-order valence-electron chi connectivity index (χ0n) is 66.1. The molecule has 13 aromatic rings. The van der Waals surface area contributed by atoms with Crippen LogP contribution in [0, 0.1) is 31.3 Å². The molecule has 0 spiro atoms. The molecule has 0 saturated carbocycles. The number of hydrogen-bond acceptors (Lipinski definition) is 21. The number of anilines is 3. The molecule has 0 aliphatic carbocycles. The summed E-state index contributed by atoms with van der Waals surface area (Å²) in [5, 5.41) is 23.3. The van der Waals surface area contributed by atoms with Crippen LogP contribution in [0.3, 0.4) is 0 Å². The Morgan fingerprint density at radius 1 is 0.454 bits per heavy atom. The molecule has 16 rings (SSSR count). The Balaban J connectivity index is 0.000000147. The van der Waals surface area contributed by atoms with Gasteiger partial charge in [0.25, 0.3) is 17.7 Å². The Morgan fingerprint density at radius 2 is 0.790 bits per heavy atom. The van der Waals surface area contributed by atoms with Crippen molar-refractivity contribution < 1.29 is 85.9 Å². The van der Waals surface area contributed by atoms with E-state index in [0.717, 1.165) is 67.6 Å². The summed E-state index contributed by atoms with van der Waals surface area (Å²) in [6, 6.07) is 42.0. The van der Waals surface area contributed by atoms with Crippen molar-refractivity contribution in [3.8, 4) is 28.7 Å². The predicted molar refractivity (Wildman–Crippen MR) is 440 cm³/mol. The smallest absolute Gasteiger partial charge is 0.258 e. The van der Waals surface area contributed by atoms with Gasteiger partial charge < -0.3 is 48.2 Å². The Bertz CT molecular complexity index is 6500. The Hall–Kier alpha value is -13.1. The first-order chi connectivity index (χ1) is 56.7. The molecule has 5 aromatic heterocycles. The van der Waals surface area contributed by atoms with Gasteiger partial charge in [0.2, 0.25) is 30.1 Å². The average Bonchev–Trinajstić information content (AvgIpc) is 1.43. The maximum Gasteiger partial charge on any atom is 0.258 e. The normalized spacial score (nSPS) is 13.0. The Morgan fingerprint density at radius 3 is 1.15 bits per heavy atom. The van der Waals surface area contributed by atoms with Crippen LogP contribution in [0.15, 0.2) is 179 Å². The Labute approximate surface area is 683 Å². The number of fused-ring (bicyclic) bond motifs is 6. The molecule has 0 saturated heterocycles. The number of carbonyl (C=O) groups excluding carboxylic acids is 3. The summed E-state index contributed by atoms with van der Waals surface area (Å²) in [7, 11) is -3.65. The first-order valence-electron chi connectivity index (χ1n) is 37.1. The third kappa shape index (κ3) is 17.6. The number of phenolic OH excluding ortho intramolecular Hbond substituents is 1. The molecule has 0 radical (unpaired) electrons. The molecule has 0 fully saturated rings. The van der Waals surface area contributed by atoms with Crippen molar-refractivity contribution in [2.24, 2.45) is 0 Å². The van der Waals surface area contributed by atoms with E-state index in [0.29, 0.717) is 115 Å². The highest BCUT2D eigenvalue weighted by Crippen LogP contribution is 2.49. The molecule has 0 unspecified atom stereocenters. The number of nitrogens with one attached hydrogen (secondary N) is 1. The first kappa shape index (κ1) is 82.4. The molecule has 33 heteroatoms. The van der Waals surface area contributed by atoms with Crippen molar-refractivity contribution in [1.29, 1.82) is 0 Å². The van der Waals surface area contributed by atoms with Gasteiger partial charge in [-0.2, -0.15) is 0 Å². The summed E-state index contributed by atoms with van der Waals surface area (Å²) in [6.45, 7) is 4.43. The number of aromatic hydroxyl groups is 1. The fourth-order valence-corrected chi connectivity index (χ4v) is 16.2. The first-order valence-corrected chi connectivity index (χ1v) is 42.6. The van der Waals surface area contributed by atoms with Gasteiger partial charge in [-0.25, -0.2) is 38.4 Å². The number of carbonyl (C=O) groups is 3. The Kier molecular flexibility index (Phi) is 23.2. The monoisotopic (exact) mass is 1680 g/mol. The van der Waals surface area contributed by atoms with Crippen LogP contribution >= 0.6 is 0 Å². The minimum atomic E-state index is -3.76. The maximum absolute atomic E-state index is 14.1. The van der Waals surface area contributed by atoms with Gasteiger partial charge in [0.15, 0.2) is 17.2 Å². The number of amides is 3. The highest BCUT2D eigenvalue weighted by molar-refractivity contribution is 7.92. The van der Waals surface area contributed by atoms with Crippen LogP contribution in [-0.2, 0) is 95.3 Å². The van der Waals surface area contributed by atoms with Gasteiger partial charge in [-0.3, -0.25) is 42.3 Å². The van der Waals surface area contributed by atoms with E-state index in [1.807, 2.05) is 60.7 Å². The number of methoxy groups -OCH3 is 2. The predicted octanol–water partition coefficient (Wildman–Crippen LogP) is 13.1. The highest BCUT2D eigenvalue weighted by atomic mass is 32.2. The van der Waals surface area contributed by atoms with Crippen LogP contribution in [0.2, 0.25) is 0 Å². The molecule has 614 valence electrons.